The minimum Gasteiger partial charge on any atom is -0.309 e. The fourth-order valence-corrected chi connectivity index (χ4v) is 6.62. The second-order valence-corrected chi connectivity index (χ2v) is 11.4. The predicted octanol–water partition coefficient (Wildman–Crippen LogP) is 10.9. The Morgan fingerprint density at radius 2 is 1.08 bits per heavy atom. The van der Waals surface area contributed by atoms with Gasteiger partial charge in [0.1, 0.15) is 0 Å². The van der Waals surface area contributed by atoms with Crippen molar-refractivity contribution < 1.29 is 26.3 Å². The molecular formula is C38H20F6N4. The largest absolute Gasteiger partial charge is 0.416 e. The molecule has 4 nitrogen and oxygen atoms in total. The van der Waals surface area contributed by atoms with Crippen LogP contribution in [0.1, 0.15) is 16.7 Å². The molecule has 0 amide bonds. The third-order valence-electron chi connectivity index (χ3n) is 8.71. The Kier molecular flexibility index (Phi) is 6.40. The van der Waals surface area contributed by atoms with Gasteiger partial charge in [0.15, 0.2) is 0 Å². The molecule has 8 aromatic rings. The number of para-hydroxylation sites is 2. The van der Waals surface area contributed by atoms with E-state index in [4.69, 9.17) is 0 Å². The number of hydrogen-bond acceptors (Lipinski definition) is 2. The van der Waals surface area contributed by atoms with E-state index in [0.717, 1.165) is 24.3 Å². The SMILES string of the molecule is N#Cc1ccc(-n2c3ccccc3c3cc(C(F)(F)F)ccc32)cc1-c1cnccc1-n1c2ccccc2c2cc(C(F)(F)F)ccc21. The zero-order valence-corrected chi connectivity index (χ0v) is 24.6. The standard InChI is InChI=1S/C38H20F6N4/c39-37(40,41)23-10-13-34-29(17-23)26-5-1-3-7-32(26)47(34)25-12-9-22(20-45)28(19-25)31-21-46-16-15-36(31)48-33-8-4-2-6-27(33)30-18-24(38(42,43)44)11-14-35(30)48/h1-19,21H. The minimum absolute atomic E-state index is 0.313. The van der Waals surface area contributed by atoms with E-state index in [9.17, 15) is 31.6 Å². The van der Waals surface area contributed by atoms with E-state index in [-0.39, 0.29) is 0 Å². The number of nitrogens with zero attached hydrogens (tertiary/aromatic N) is 4. The summed E-state index contributed by atoms with van der Waals surface area (Å²) in [6, 6.07) is 30.7. The van der Waals surface area contributed by atoms with Crippen molar-refractivity contribution >= 4 is 43.6 Å². The maximum absolute atomic E-state index is 13.7. The Hall–Kier alpha value is -6.08. The lowest BCUT2D eigenvalue weighted by Gasteiger charge is -2.16. The second kappa shape index (κ2) is 10.5. The highest BCUT2D eigenvalue weighted by molar-refractivity contribution is 6.11. The molecule has 0 N–H and O–H groups in total. The maximum Gasteiger partial charge on any atom is 0.416 e. The second-order valence-electron chi connectivity index (χ2n) is 11.4. The number of nitriles is 1. The van der Waals surface area contributed by atoms with Gasteiger partial charge in [-0.3, -0.25) is 4.98 Å². The van der Waals surface area contributed by atoms with Gasteiger partial charge in [-0.25, -0.2) is 0 Å². The lowest BCUT2D eigenvalue weighted by Crippen LogP contribution is -2.04. The van der Waals surface area contributed by atoms with Crippen molar-refractivity contribution in [3.8, 4) is 28.6 Å². The molecular weight excluding hydrogens is 626 g/mol. The van der Waals surface area contributed by atoms with Crippen LogP contribution in [0, 0.1) is 11.3 Å². The number of halogens is 6. The summed E-state index contributed by atoms with van der Waals surface area (Å²) in [5, 5.41) is 12.3. The molecule has 3 heterocycles. The molecule has 8 rings (SSSR count). The molecule has 0 atom stereocenters. The van der Waals surface area contributed by atoms with Gasteiger partial charge in [0.25, 0.3) is 0 Å². The molecule has 234 valence electrons. The maximum atomic E-state index is 13.7. The van der Waals surface area contributed by atoms with E-state index in [1.54, 1.807) is 73.1 Å². The van der Waals surface area contributed by atoms with E-state index in [0.29, 0.717) is 71.7 Å². The van der Waals surface area contributed by atoms with Crippen LogP contribution in [0.5, 0.6) is 0 Å². The summed E-state index contributed by atoms with van der Waals surface area (Å²) in [7, 11) is 0. The number of hydrogen-bond donors (Lipinski definition) is 0. The molecule has 0 aliphatic rings. The Balaban J connectivity index is 1.39. The van der Waals surface area contributed by atoms with Crippen LogP contribution in [0.2, 0.25) is 0 Å². The lowest BCUT2D eigenvalue weighted by molar-refractivity contribution is -0.138. The van der Waals surface area contributed by atoms with Gasteiger partial charge >= 0.3 is 12.4 Å². The van der Waals surface area contributed by atoms with E-state index < -0.39 is 23.5 Å². The average molecular weight is 647 g/mol. The van der Waals surface area contributed by atoms with Gasteiger partial charge in [-0.1, -0.05) is 36.4 Å². The summed E-state index contributed by atoms with van der Waals surface area (Å²) in [6.45, 7) is 0. The monoisotopic (exact) mass is 646 g/mol. The lowest BCUT2D eigenvalue weighted by atomic mass is 9.99. The van der Waals surface area contributed by atoms with E-state index in [2.05, 4.69) is 11.1 Å². The highest BCUT2D eigenvalue weighted by atomic mass is 19.4. The van der Waals surface area contributed by atoms with Crippen molar-refractivity contribution in [2.75, 3.05) is 0 Å². The van der Waals surface area contributed by atoms with Gasteiger partial charge in [0, 0.05) is 50.8 Å². The average Bonchev–Trinajstić information content (AvgIpc) is 3.59. The normalized spacial score (nSPS) is 12.4. The zero-order valence-electron chi connectivity index (χ0n) is 24.6. The third kappa shape index (κ3) is 4.50. The molecule has 0 saturated carbocycles. The quantitative estimate of drug-likeness (QED) is 0.179. The first-order valence-corrected chi connectivity index (χ1v) is 14.7. The van der Waals surface area contributed by atoms with Crippen LogP contribution in [0.25, 0.3) is 66.1 Å². The van der Waals surface area contributed by atoms with Crippen molar-refractivity contribution in [1.29, 1.82) is 5.26 Å². The summed E-state index contributed by atoms with van der Waals surface area (Å²) in [6.07, 6.45) is -5.87. The number of alkyl halides is 6. The summed E-state index contributed by atoms with van der Waals surface area (Å²) < 4.78 is 86.0. The van der Waals surface area contributed by atoms with Gasteiger partial charge in [0.05, 0.1) is 50.5 Å². The van der Waals surface area contributed by atoms with Gasteiger partial charge < -0.3 is 9.13 Å². The van der Waals surface area contributed by atoms with Gasteiger partial charge in [-0.2, -0.15) is 31.6 Å². The molecule has 5 aromatic carbocycles. The number of fused-ring (bicyclic) bond motifs is 6. The Morgan fingerprint density at radius 3 is 1.67 bits per heavy atom. The first kappa shape index (κ1) is 29.3. The topological polar surface area (TPSA) is 46.5 Å². The molecule has 0 radical (unpaired) electrons. The van der Waals surface area contributed by atoms with Crippen molar-refractivity contribution in [3.05, 3.63) is 138 Å². The van der Waals surface area contributed by atoms with Crippen LogP contribution >= 0.6 is 0 Å². The van der Waals surface area contributed by atoms with Crippen LogP contribution in [0.3, 0.4) is 0 Å². The number of pyridine rings is 1. The Morgan fingerprint density at radius 1 is 0.542 bits per heavy atom. The summed E-state index contributed by atoms with van der Waals surface area (Å²) in [5.74, 6) is 0. The molecule has 0 fully saturated rings. The van der Waals surface area contributed by atoms with Crippen LogP contribution < -0.4 is 0 Å². The number of rotatable bonds is 3. The van der Waals surface area contributed by atoms with Gasteiger partial charge in [0.2, 0.25) is 0 Å². The highest BCUT2D eigenvalue weighted by Gasteiger charge is 2.32. The van der Waals surface area contributed by atoms with Crippen molar-refractivity contribution in [1.82, 2.24) is 14.1 Å². The third-order valence-corrected chi connectivity index (χ3v) is 8.71. The van der Waals surface area contributed by atoms with E-state index >= 15 is 0 Å². The fraction of sp³-hybridized carbons (Fsp3) is 0.0526. The van der Waals surface area contributed by atoms with Crippen LogP contribution in [0.4, 0.5) is 26.3 Å². The van der Waals surface area contributed by atoms with Crippen molar-refractivity contribution in [2.24, 2.45) is 0 Å². The predicted molar refractivity (Wildman–Crippen MR) is 173 cm³/mol. The minimum atomic E-state index is -4.53. The molecule has 10 heteroatoms. The smallest absolute Gasteiger partial charge is 0.309 e. The molecule has 48 heavy (non-hydrogen) atoms. The van der Waals surface area contributed by atoms with Gasteiger partial charge in [-0.15, -0.1) is 0 Å². The van der Waals surface area contributed by atoms with E-state index in [1.165, 1.54) is 12.1 Å². The van der Waals surface area contributed by atoms with Crippen molar-refractivity contribution in [3.63, 3.8) is 0 Å². The first-order chi connectivity index (χ1) is 23.0. The molecule has 0 aliphatic carbocycles. The number of benzene rings is 5. The molecule has 0 aliphatic heterocycles. The molecule has 0 bridgehead atoms. The molecule has 0 saturated heterocycles. The Labute approximate surface area is 268 Å². The summed E-state index contributed by atoms with van der Waals surface area (Å²) >= 11 is 0. The summed E-state index contributed by atoms with van der Waals surface area (Å²) in [5.41, 5.74) is 3.44. The zero-order chi connectivity index (χ0) is 33.4. The molecule has 0 spiro atoms. The summed E-state index contributed by atoms with van der Waals surface area (Å²) in [4.78, 5) is 4.35. The Bertz CT molecular complexity index is 2620. The van der Waals surface area contributed by atoms with Crippen LogP contribution in [0.15, 0.2) is 122 Å². The van der Waals surface area contributed by atoms with Crippen LogP contribution in [-0.4, -0.2) is 14.1 Å². The number of aromatic nitrogens is 3. The fourth-order valence-electron chi connectivity index (χ4n) is 6.62. The van der Waals surface area contributed by atoms with E-state index in [1.807, 2.05) is 21.3 Å². The molecule has 0 unspecified atom stereocenters. The van der Waals surface area contributed by atoms with Crippen LogP contribution in [-0.2, 0) is 12.4 Å². The highest BCUT2D eigenvalue weighted by Crippen LogP contribution is 2.41. The first-order valence-electron chi connectivity index (χ1n) is 14.7. The van der Waals surface area contributed by atoms with Gasteiger partial charge in [-0.05, 0) is 72.8 Å². The van der Waals surface area contributed by atoms with Crippen molar-refractivity contribution in [2.45, 2.75) is 12.4 Å². The molecule has 3 aromatic heterocycles.